The maximum atomic E-state index is 11.7. The van der Waals surface area contributed by atoms with Crippen LogP contribution in [0.15, 0.2) is 47.6 Å². The Morgan fingerprint density at radius 2 is 2.00 bits per heavy atom. The number of hydrogen-bond donors (Lipinski definition) is 3. The van der Waals surface area contributed by atoms with Crippen LogP contribution in [0.5, 0.6) is 5.88 Å². The Morgan fingerprint density at radius 1 is 1.18 bits per heavy atom. The second-order valence-electron chi connectivity index (χ2n) is 5.86. The monoisotopic (exact) mass is 497 g/mol. The van der Waals surface area contributed by atoms with Crippen LogP contribution in [0, 0.1) is 0 Å². The van der Waals surface area contributed by atoms with Crippen molar-refractivity contribution in [1.82, 2.24) is 20.9 Å². The number of nitrogens with zero attached hydrogens (tertiary/aromatic N) is 2. The van der Waals surface area contributed by atoms with Gasteiger partial charge in [0, 0.05) is 38.0 Å². The number of nitrogens with one attached hydrogen (secondary N) is 3. The first kappa shape index (κ1) is 23.7. The van der Waals surface area contributed by atoms with Gasteiger partial charge in [-0.15, -0.1) is 24.0 Å². The van der Waals surface area contributed by atoms with E-state index in [0.717, 1.165) is 30.1 Å². The van der Waals surface area contributed by atoms with Crippen LogP contribution in [0.4, 0.5) is 0 Å². The molecule has 0 atom stereocenters. The third-order valence-corrected chi connectivity index (χ3v) is 3.89. The molecule has 0 saturated heterocycles. The van der Waals surface area contributed by atoms with E-state index in [2.05, 4.69) is 25.9 Å². The largest absolute Gasteiger partial charge is 0.481 e. The number of halogens is 1. The average Bonchev–Trinajstić information content (AvgIpc) is 2.71. The third-order valence-electron chi connectivity index (χ3n) is 3.89. The van der Waals surface area contributed by atoms with Gasteiger partial charge in [-0.05, 0) is 42.7 Å². The molecule has 152 valence electrons. The molecule has 1 amide bonds. The summed E-state index contributed by atoms with van der Waals surface area (Å²) in [6.45, 7) is 4.04. The van der Waals surface area contributed by atoms with E-state index in [1.54, 1.807) is 20.4 Å². The fourth-order valence-corrected chi connectivity index (χ4v) is 2.51. The predicted octanol–water partition coefficient (Wildman–Crippen LogP) is 2.37. The predicted molar refractivity (Wildman–Crippen MR) is 123 cm³/mol. The van der Waals surface area contributed by atoms with Crippen LogP contribution >= 0.6 is 24.0 Å². The number of carbonyl (C=O) groups excluding carboxylic acids is 1. The smallest absolute Gasteiger partial charge is 0.251 e. The lowest BCUT2D eigenvalue weighted by Gasteiger charge is -2.12. The number of carbonyl (C=O) groups is 1. The summed E-state index contributed by atoms with van der Waals surface area (Å²) in [4.78, 5) is 20.4. The van der Waals surface area contributed by atoms with Gasteiger partial charge in [-0.25, -0.2) is 9.98 Å². The first-order valence-corrected chi connectivity index (χ1v) is 8.98. The SMILES string of the molecule is CCNC(=NCc1ccnc(OC)c1)NCCc1cccc(C(=O)NC)c1.I. The van der Waals surface area contributed by atoms with Crippen LogP contribution in [0.25, 0.3) is 0 Å². The number of pyridine rings is 1. The minimum Gasteiger partial charge on any atom is -0.481 e. The number of guanidine groups is 1. The van der Waals surface area contributed by atoms with Gasteiger partial charge in [0.1, 0.15) is 0 Å². The second kappa shape index (κ2) is 12.9. The van der Waals surface area contributed by atoms with Crippen LogP contribution in [0.2, 0.25) is 0 Å². The number of aliphatic imine (C=N–C) groups is 1. The lowest BCUT2D eigenvalue weighted by molar-refractivity contribution is 0.0963. The van der Waals surface area contributed by atoms with Crippen LogP contribution in [-0.2, 0) is 13.0 Å². The lowest BCUT2D eigenvalue weighted by atomic mass is 10.1. The van der Waals surface area contributed by atoms with Gasteiger partial charge in [0.2, 0.25) is 5.88 Å². The molecular formula is C20H28IN5O2. The van der Waals surface area contributed by atoms with Crippen molar-refractivity contribution in [3.05, 3.63) is 59.3 Å². The van der Waals surface area contributed by atoms with E-state index in [1.807, 2.05) is 43.3 Å². The number of benzene rings is 1. The van der Waals surface area contributed by atoms with Crippen LogP contribution in [0.1, 0.15) is 28.4 Å². The van der Waals surface area contributed by atoms with E-state index in [-0.39, 0.29) is 29.9 Å². The molecule has 0 aliphatic carbocycles. The summed E-state index contributed by atoms with van der Waals surface area (Å²) in [5, 5.41) is 9.20. The van der Waals surface area contributed by atoms with E-state index in [4.69, 9.17) is 4.74 Å². The quantitative estimate of drug-likeness (QED) is 0.296. The highest BCUT2D eigenvalue weighted by Crippen LogP contribution is 2.09. The topological polar surface area (TPSA) is 87.6 Å². The second-order valence-corrected chi connectivity index (χ2v) is 5.86. The number of methoxy groups -OCH3 is 1. The molecule has 1 aromatic heterocycles. The van der Waals surface area contributed by atoms with Gasteiger partial charge in [0.15, 0.2) is 5.96 Å². The number of ether oxygens (including phenoxy) is 1. The molecule has 3 N–H and O–H groups in total. The molecule has 2 aromatic rings. The Hall–Kier alpha value is -2.36. The minimum absolute atomic E-state index is 0. The highest BCUT2D eigenvalue weighted by molar-refractivity contribution is 14.0. The number of amides is 1. The molecule has 0 fully saturated rings. The lowest BCUT2D eigenvalue weighted by Crippen LogP contribution is -2.38. The summed E-state index contributed by atoms with van der Waals surface area (Å²) in [7, 11) is 3.23. The maximum Gasteiger partial charge on any atom is 0.251 e. The van der Waals surface area contributed by atoms with Crippen LogP contribution in [-0.4, -0.2) is 44.1 Å². The van der Waals surface area contributed by atoms with Gasteiger partial charge in [-0.1, -0.05) is 12.1 Å². The van der Waals surface area contributed by atoms with Crippen molar-refractivity contribution in [2.45, 2.75) is 19.9 Å². The maximum absolute atomic E-state index is 11.7. The Labute approximate surface area is 183 Å². The van der Waals surface area contributed by atoms with Gasteiger partial charge in [-0.3, -0.25) is 4.79 Å². The summed E-state index contributed by atoms with van der Waals surface area (Å²) in [5.41, 5.74) is 2.79. The Balaban J connectivity index is 0.00000392. The summed E-state index contributed by atoms with van der Waals surface area (Å²) >= 11 is 0. The van der Waals surface area contributed by atoms with Gasteiger partial charge in [0.25, 0.3) is 5.91 Å². The molecular weight excluding hydrogens is 469 g/mol. The number of rotatable bonds is 8. The number of hydrogen-bond acceptors (Lipinski definition) is 4. The summed E-state index contributed by atoms with van der Waals surface area (Å²) in [6.07, 6.45) is 2.50. The van der Waals surface area contributed by atoms with Crippen molar-refractivity contribution in [2.75, 3.05) is 27.2 Å². The average molecular weight is 497 g/mol. The first-order chi connectivity index (χ1) is 13.2. The fourth-order valence-electron chi connectivity index (χ4n) is 2.51. The first-order valence-electron chi connectivity index (χ1n) is 8.98. The van der Waals surface area contributed by atoms with Gasteiger partial charge >= 0.3 is 0 Å². The molecule has 1 heterocycles. The van der Waals surface area contributed by atoms with Crippen LogP contribution in [0.3, 0.4) is 0 Å². The summed E-state index contributed by atoms with van der Waals surface area (Å²) < 4.78 is 5.14. The fraction of sp³-hybridized carbons (Fsp3) is 0.350. The Morgan fingerprint density at radius 3 is 2.71 bits per heavy atom. The van der Waals surface area contributed by atoms with Crippen molar-refractivity contribution in [1.29, 1.82) is 0 Å². The van der Waals surface area contributed by atoms with Gasteiger partial charge < -0.3 is 20.7 Å². The summed E-state index contributed by atoms with van der Waals surface area (Å²) in [6, 6.07) is 11.4. The van der Waals surface area contributed by atoms with Crippen LogP contribution < -0.4 is 20.7 Å². The molecule has 0 radical (unpaired) electrons. The molecule has 1 aromatic carbocycles. The van der Waals surface area contributed by atoms with Gasteiger partial charge in [0.05, 0.1) is 13.7 Å². The zero-order valence-corrected chi connectivity index (χ0v) is 18.8. The molecule has 7 nitrogen and oxygen atoms in total. The van der Waals surface area contributed by atoms with E-state index in [1.165, 1.54) is 0 Å². The molecule has 28 heavy (non-hydrogen) atoms. The zero-order valence-electron chi connectivity index (χ0n) is 16.5. The zero-order chi connectivity index (χ0) is 19.5. The normalized spacial score (nSPS) is 10.6. The number of aromatic nitrogens is 1. The van der Waals surface area contributed by atoms with Crippen molar-refractivity contribution < 1.29 is 9.53 Å². The standard InChI is InChI=1S/C20H27N5O2.HI/c1-4-22-20(25-14-16-9-10-23-18(13-16)27-3)24-11-8-15-6-5-7-17(12-15)19(26)21-2;/h5-7,9-10,12-13H,4,8,11,14H2,1-3H3,(H,21,26)(H2,22,24,25);1H. The van der Waals surface area contributed by atoms with Crippen molar-refractivity contribution in [2.24, 2.45) is 4.99 Å². The molecule has 0 saturated carbocycles. The van der Waals surface area contributed by atoms with Crippen molar-refractivity contribution in [3.8, 4) is 5.88 Å². The highest BCUT2D eigenvalue weighted by atomic mass is 127. The van der Waals surface area contributed by atoms with Crippen molar-refractivity contribution >= 4 is 35.8 Å². The van der Waals surface area contributed by atoms with Crippen molar-refractivity contribution in [3.63, 3.8) is 0 Å². The molecule has 0 unspecified atom stereocenters. The van der Waals surface area contributed by atoms with Gasteiger partial charge in [-0.2, -0.15) is 0 Å². The molecule has 8 heteroatoms. The Bertz CT molecular complexity index is 783. The molecule has 0 spiro atoms. The molecule has 0 aliphatic heterocycles. The third kappa shape index (κ3) is 7.71. The minimum atomic E-state index is -0.0764. The highest BCUT2D eigenvalue weighted by Gasteiger charge is 2.04. The molecule has 0 aliphatic rings. The summed E-state index contributed by atoms with van der Waals surface area (Å²) in [5.74, 6) is 1.25. The Kier molecular flexibility index (Phi) is 10.9. The molecule has 0 bridgehead atoms. The van der Waals surface area contributed by atoms with E-state index in [9.17, 15) is 4.79 Å². The molecule has 2 rings (SSSR count). The van der Waals surface area contributed by atoms with E-state index >= 15 is 0 Å². The van der Waals surface area contributed by atoms with E-state index < -0.39 is 0 Å². The van der Waals surface area contributed by atoms with E-state index in [0.29, 0.717) is 24.5 Å².